The number of nitrogens with two attached hydrogens (primary N) is 2. The Morgan fingerprint density at radius 1 is 1.25 bits per heavy atom. The summed E-state index contributed by atoms with van der Waals surface area (Å²) in [7, 11) is 1.93. The Labute approximate surface area is 141 Å². The van der Waals surface area contributed by atoms with Crippen molar-refractivity contribution < 1.29 is 4.79 Å². The molecule has 2 aromatic heterocycles. The zero-order chi connectivity index (χ0) is 17.4. The Hall–Kier alpha value is -2.57. The van der Waals surface area contributed by atoms with Crippen LogP contribution in [0.25, 0.3) is 11.1 Å². The average Bonchev–Trinajstić information content (AvgIpc) is 2.80. The Kier molecular flexibility index (Phi) is 4.17. The normalized spacial score (nSPS) is 15.7. The van der Waals surface area contributed by atoms with E-state index < -0.39 is 0 Å². The van der Waals surface area contributed by atoms with E-state index in [0.29, 0.717) is 5.69 Å². The number of carbonyl (C=O) groups excluding carboxylic acids is 1. The van der Waals surface area contributed by atoms with Gasteiger partial charge in [0.2, 0.25) is 5.91 Å². The van der Waals surface area contributed by atoms with Crippen molar-refractivity contribution in [2.45, 2.75) is 26.7 Å². The van der Waals surface area contributed by atoms with E-state index in [-0.39, 0.29) is 11.8 Å². The second-order valence-corrected chi connectivity index (χ2v) is 6.46. The molecule has 128 valence electrons. The van der Waals surface area contributed by atoms with Crippen molar-refractivity contribution in [3.05, 3.63) is 23.8 Å². The number of nitrogens with zero attached hydrogens (tertiary/aromatic N) is 4. The largest absolute Gasteiger partial charge is 0.396 e. The average molecular weight is 328 g/mol. The van der Waals surface area contributed by atoms with Crippen molar-refractivity contribution in [3.8, 4) is 11.1 Å². The van der Waals surface area contributed by atoms with Crippen LogP contribution in [0.4, 0.5) is 11.4 Å². The van der Waals surface area contributed by atoms with E-state index in [2.05, 4.69) is 15.0 Å². The number of pyridine rings is 1. The summed E-state index contributed by atoms with van der Waals surface area (Å²) in [5, 5.41) is 4.51. The third kappa shape index (κ3) is 2.70. The highest BCUT2D eigenvalue weighted by atomic mass is 16.1. The highest BCUT2D eigenvalue weighted by Crippen LogP contribution is 2.39. The molecule has 0 radical (unpaired) electrons. The molecule has 24 heavy (non-hydrogen) atoms. The van der Waals surface area contributed by atoms with Crippen molar-refractivity contribution in [2.24, 2.45) is 18.7 Å². The van der Waals surface area contributed by atoms with E-state index in [4.69, 9.17) is 11.5 Å². The zero-order valence-electron chi connectivity index (χ0n) is 14.4. The third-order valence-corrected chi connectivity index (χ3v) is 4.94. The number of hydrogen-bond acceptors (Lipinski definition) is 5. The van der Waals surface area contributed by atoms with Gasteiger partial charge in [0.05, 0.1) is 23.3 Å². The first-order valence-electron chi connectivity index (χ1n) is 8.18. The predicted octanol–water partition coefficient (Wildman–Crippen LogP) is 1.38. The summed E-state index contributed by atoms with van der Waals surface area (Å²) in [5.41, 5.74) is 17.4. The van der Waals surface area contributed by atoms with Gasteiger partial charge in [0.15, 0.2) is 0 Å². The van der Waals surface area contributed by atoms with Crippen LogP contribution in [0.15, 0.2) is 12.4 Å². The molecule has 0 spiro atoms. The van der Waals surface area contributed by atoms with Gasteiger partial charge in [-0.25, -0.2) is 0 Å². The van der Waals surface area contributed by atoms with Crippen LogP contribution in [-0.4, -0.2) is 33.8 Å². The molecule has 3 rings (SSSR count). The molecule has 0 bridgehead atoms. The van der Waals surface area contributed by atoms with Gasteiger partial charge in [-0.3, -0.25) is 14.5 Å². The molecule has 0 aliphatic carbocycles. The van der Waals surface area contributed by atoms with Crippen LogP contribution in [0.1, 0.15) is 24.2 Å². The lowest BCUT2D eigenvalue weighted by atomic mass is 9.94. The van der Waals surface area contributed by atoms with Gasteiger partial charge in [-0.1, -0.05) is 0 Å². The van der Waals surface area contributed by atoms with Crippen molar-refractivity contribution in [1.29, 1.82) is 0 Å². The van der Waals surface area contributed by atoms with Gasteiger partial charge >= 0.3 is 0 Å². The number of rotatable bonds is 3. The molecule has 1 aliphatic heterocycles. The number of hydrogen-bond donors (Lipinski definition) is 2. The van der Waals surface area contributed by atoms with Crippen LogP contribution >= 0.6 is 0 Å². The van der Waals surface area contributed by atoms with Crippen molar-refractivity contribution in [2.75, 3.05) is 23.7 Å². The van der Waals surface area contributed by atoms with Gasteiger partial charge in [0, 0.05) is 49.1 Å². The molecule has 7 heteroatoms. The zero-order valence-corrected chi connectivity index (χ0v) is 14.4. The van der Waals surface area contributed by atoms with E-state index in [1.165, 1.54) is 0 Å². The molecule has 1 aliphatic rings. The summed E-state index contributed by atoms with van der Waals surface area (Å²) in [6, 6.07) is 0. The smallest absolute Gasteiger partial charge is 0.220 e. The third-order valence-electron chi connectivity index (χ3n) is 4.94. The Morgan fingerprint density at radius 2 is 1.92 bits per heavy atom. The summed E-state index contributed by atoms with van der Waals surface area (Å²) in [6.07, 6.45) is 5.03. The van der Waals surface area contributed by atoms with Gasteiger partial charge < -0.3 is 16.4 Å². The highest BCUT2D eigenvalue weighted by Gasteiger charge is 2.27. The van der Waals surface area contributed by atoms with Gasteiger partial charge in [0.25, 0.3) is 0 Å². The minimum absolute atomic E-state index is 0.0466. The van der Waals surface area contributed by atoms with E-state index >= 15 is 0 Å². The van der Waals surface area contributed by atoms with Crippen molar-refractivity contribution in [3.63, 3.8) is 0 Å². The van der Waals surface area contributed by atoms with Crippen LogP contribution in [0.3, 0.4) is 0 Å². The molecule has 0 aromatic carbocycles. The maximum absolute atomic E-state index is 11.4. The first kappa shape index (κ1) is 16.3. The standard InChI is InChI=1S/C17H24N6O/c1-10-15(11(2)22(3)21-10)13-8-20-9-14(18)16(13)23-6-4-12(5-7-23)17(19)24/h8-9,12H,4-7,18H2,1-3H3,(H2,19,24). The number of primary amides is 1. The number of anilines is 2. The number of piperidine rings is 1. The number of aryl methyl sites for hydroxylation is 2. The number of carbonyl (C=O) groups is 1. The molecule has 0 saturated carbocycles. The molecule has 2 aromatic rings. The molecule has 7 nitrogen and oxygen atoms in total. The molecule has 3 heterocycles. The minimum atomic E-state index is -0.212. The van der Waals surface area contributed by atoms with Gasteiger partial charge in [0.1, 0.15) is 0 Å². The maximum atomic E-state index is 11.4. The molecule has 1 saturated heterocycles. The Morgan fingerprint density at radius 3 is 2.46 bits per heavy atom. The van der Waals surface area contributed by atoms with Crippen LogP contribution in [-0.2, 0) is 11.8 Å². The Balaban J connectivity index is 2.02. The van der Waals surface area contributed by atoms with Crippen LogP contribution in [0.5, 0.6) is 0 Å². The topological polar surface area (TPSA) is 103 Å². The maximum Gasteiger partial charge on any atom is 0.220 e. The van der Waals surface area contributed by atoms with E-state index in [9.17, 15) is 4.79 Å². The Bertz CT molecular complexity index is 774. The lowest BCUT2D eigenvalue weighted by molar-refractivity contribution is -0.122. The highest BCUT2D eigenvalue weighted by molar-refractivity contribution is 5.88. The second-order valence-electron chi connectivity index (χ2n) is 6.46. The fraction of sp³-hybridized carbons (Fsp3) is 0.471. The van der Waals surface area contributed by atoms with Crippen LogP contribution in [0.2, 0.25) is 0 Å². The minimum Gasteiger partial charge on any atom is -0.396 e. The second kappa shape index (κ2) is 6.14. The first-order valence-corrected chi connectivity index (χ1v) is 8.18. The fourth-order valence-corrected chi connectivity index (χ4v) is 3.56. The summed E-state index contributed by atoms with van der Waals surface area (Å²) < 4.78 is 1.87. The van der Waals surface area contributed by atoms with Crippen LogP contribution < -0.4 is 16.4 Å². The number of aromatic nitrogens is 3. The number of nitrogen functional groups attached to an aromatic ring is 1. The monoisotopic (exact) mass is 328 g/mol. The lowest BCUT2D eigenvalue weighted by Crippen LogP contribution is -2.39. The fourth-order valence-electron chi connectivity index (χ4n) is 3.56. The van der Waals surface area contributed by atoms with Gasteiger partial charge in [-0.15, -0.1) is 0 Å². The summed E-state index contributed by atoms with van der Waals surface area (Å²) in [4.78, 5) is 17.9. The van der Waals surface area contributed by atoms with Crippen molar-refractivity contribution in [1.82, 2.24) is 14.8 Å². The summed E-state index contributed by atoms with van der Waals surface area (Å²) in [5.74, 6) is -0.258. The first-order chi connectivity index (χ1) is 11.4. The van der Waals surface area contributed by atoms with E-state index in [1.807, 2.05) is 31.8 Å². The lowest BCUT2D eigenvalue weighted by Gasteiger charge is -2.34. The molecule has 4 N–H and O–H groups in total. The van der Waals surface area contributed by atoms with Crippen LogP contribution in [0, 0.1) is 19.8 Å². The molecule has 1 fully saturated rings. The molecular weight excluding hydrogens is 304 g/mol. The SMILES string of the molecule is Cc1nn(C)c(C)c1-c1cncc(N)c1N1CCC(C(N)=O)CC1. The number of amides is 1. The molecular formula is C17H24N6O. The molecule has 0 atom stereocenters. The van der Waals surface area contributed by atoms with E-state index in [0.717, 1.165) is 54.1 Å². The predicted molar refractivity (Wildman–Crippen MR) is 94.5 cm³/mol. The summed E-state index contributed by atoms with van der Waals surface area (Å²) >= 11 is 0. The summed E-state index contributed by atoms with van der Waals surface area (Å²) in [6.45, 7) is 5.55. The van der Waals surface area contributed by atoms with Crippen molar-refractivity contribution >= 4 is 17.3 Å². The van der Waals surface area contributed by atoms with Gasteiger partial charge in [-0.05, 0) is 26.7 Å². The van der Waals surface area contributed by atoms with Gasteiger partial charge in [-0.2, -0.15) is 5.10 Å². The quantitative estimate of drug-likeness (QED) is 0.886. The van der Waals surface area contributed by atoms with E-state index in [1.54, 1.807) is 6.20 Å². The molecule has 0 unspecified atom stereocenters. The molecule has 1 amide bonds.